The highest BCUT2D eigenvalue weighted by Gasteiger charge is 2.20. The van der Waals surface area contributed by atoms with Crippen LogP contribution in [0.4, 0.5) is 5.69 Å². The first-order chi connectivity index (χ1) is 13.0. The number of carbonyl (C=O) groups is 1. The molecule has 144 valence electrons. The van der Waals surface area contributed by atoms with Gasteiger partial charge in [0.25, 0.3) is 0 Å². The number of ether oxygens (including phenoxy) is 2. The Morgan fingerprint density at radius 3 is 2.52 bits per heavy atom. The highest BCUT2D eigenvalue weighted by atomic mass is 35.5. The van der Waals surface area contributed by atoms with E-state index in [4.69, 9.17) is 21.1 Å². The molecular formula is C21H25ClN2O3. The second-order valence-electron chi connectivity index (χ2n) is 6.76. The van der Waals surface area contributed by atoms with E-state index >= 15 is 0 Å². The van der Waals surface area contributed by atoms with Crippen LogP contribution >= 0.6 is 11.6 Å². The third-order valence-corrected chi connectivity index (χ3v) is 5.31. The van der Waals surface area contributed by atoms with Gasteiger partial charge in [-0.25, -0.2) is 0 Å². The summed E-state index contributed by atoms with van der Waals surface area (Å²) in [5, 5.41) is 3.57. The summed E-state index contributed by atoms with van der Waals surface area (Å²) in [7, 11) is 3.30. The lowest BCUT2D eigenvalue weighted by Gasteiger charge is -2.29. The van der Waals surface area contributed by atoms with Gasteiger partial charge < -0.3 is 14.8 Å². The van der Waals surface area contributed by atoms with E-state index in [1.54, 1.807) is 20.3 Å². The zero-order chi connectivity index (χ0) is 19.4. The Hall–Kier alpha value is -2.24. The Kier molecular flexibility index (Phi) is 6.24. The Morgan fingerprint density at radius 2 is 1.85 bits per heavy atom. The second-order valence-corrected chi connectivity index (χ2v) is 7.17. The molecule has 0 atom stereocenters. The van der Waals surface area contributed by atoms with Crippen molar-refractivity contribution < 1.29 is 14.3 Å². The standard InChI is InChI=1S/C21H25ClN2O3/c1-14-4-5-17(12-18(14)22)23-21(25)7-9-24-8-6-15-10-19(26-2)20(27-3)11-16(15)13-24/h4-5,10-12H,6-9,13H2,1-3H3,(H,23,25). The highest BCUT2D eigenvalue weighted by Crippen LogP contribution is 2.33. The van der Waals surface area contributed by atoms with Crippen LogP contribution in [-0.2, 0) is 17.8 Å². The number of amides is 1. The van der Waals surface area contributed by atoms with E-state index in [9.17, 15) is 4.79 Å². The quantitative estimate of drug-likeness (QED) is 0.811. The molecule has 0 fully saturated rings. The molecule has 1 N–H and O–H groups in total. The molecule has 27 heavy (non-hydrogen) atoms. The monoisotopic (exact) mass is 388 g/mol. The number of hydrogen-bond donors (Lipinski definition) is 1. The summed E-state index contributed by atoms with van der Waals surface area (Å²) >= 11 is 6.11. The molecule has 1 heterocycles. The number of carbonyl (C=O) groups excluding carboxylic acids is 1. The first-order valence-electron chi connectivity index (χ1n) is 9.02. The molecule has 5 nitrogen and oxygen atoms in total. The number of hydrogen-bond acceptors (Lipinski definition) is 4. The van der Waals surface area contributed by atoms with Crippen molar-refractivity contribution in [3.63, 3.8) is 0 Å². The predicted molar refractivity (Wildman–Crippen MR) is 108 cm³/mol. The molecule has 0 spiro atoms. The van der Waals surface area contributed by atoms with Gasteiger partial charge in [0.05, 0.1) is 14.2 Å². The molecule has 3 rings (SSSR count). The van der Waals surface area contributed by atoms with Gasteiger partial charge in [-0.2, -0.15) is 0 Å². The summed E-state index contributed by atoms with van der Waals surface area (Å²) in [6.07, 6.45) is 1.37. The molecule has 0 saturated heterocycles. The number of fused-ring (bicyclic) bond motifs is 1. The van der Waals surface area contributed by atoms with Gasteiger partial charge in [-0.15, -0.1) is 0 Å². The number of methoxy groups -OCH3 is 2. The maximum absolute atomic E-state index is 12.3. The summed E-state index contributed by atoms with van der Waals surface area (Å²) in [5.74, 6) is 1.50. The smallest absolute Gasteiger partial charge is 0.225 e. The van der Waals surface area contributed by atoms with Gasteiger partial charge in [0.2, 0.25) is 5.91 Å². The van der Waals surface area contributed by atoms with Crippen molar-refractivity contribution in [1.29, 1.82) is 0 Å². The molecule has 0 aliphatic carbocycles. The van der Waals surface area contributed by atoms with Crippen molar-refractivity contribution >= 4 is 23.2 Å². The van der Waals surface area contributed by atoms with E-state index in [1.165, 1.54) is 11.1 Å². The SMILES string of the molecule is COc1cc2c(cc1OC)CN(CCC(=O)Nc1ccc(C)c(Cl)c1)CC2. The van der Waals surface area contributed by atoms with Gasteiger partial charge in [0, 0.05) is 36.8 Å². The largest absolute Gasteiger partial charge is 0.493 e. The van der Waals surface area contributed by atoms with E-state index in [1.807, 2.05) is 25.1 Å². The number of anilines is 1. The minimum absolute atomic E-state index is 0.00646. The van der Waals surface area contributed by atoms with Crippen LogP contribution in [0.3, 0.4) is 0 Å². The molecule has 1 amide bonds. The number of rotatable bonds is 6. The average molecular weight is 389 g/mol. The Balaban J connectivity index is 1.56. The summed E-state index contributed by atoms with van der Waals surface area (Å²) in [6.45, 7) is 4.37. The normalized spacial score (nSPS) is 13.8. The van der Waals surface area contributed by atoms with E-state index in [2.05, 4.69) is 16.3 Å². The topological polar surface area (TPSA) is 50.8 Å². The highest BCUT2D eigenvalue weighted by molar-refractivity contribution is 6.31. The maximum atomic E-state index is 12.3. The lowest BCUT2D eigenvalue weighted by Crippen LogP contribution is -2.33. The molecule has 0 bridgehead atoms. The third-order valence-electron chi connectivity index (χ3n) is 4.91. The lowest BCUT2D eigenvalue weighted by atomic mass is 9.98. The number of halogens is 1. The number of nitrogens with one attached hydrogen (secondary N) is 1. The van der Waals surface area contributed by atoms with Crippen molar-refractivity contribution in [2.75, 3.05) is 32.6 Å². The van der Waals surface area contributed by atoms with Crippen LogP contribution in [0.15, 0.2) is 30.3 Å². The van der Waals surface area contributed by atoms with Crippen LogP contribution in [0.1, 0.15) is 23.1 Å². The molecule has 0 saturated carbocycles. The van der Waals surface area contributed by atoms with Gasteiger partial charge in [0.1, 0.15) is 0 Å². The summed E-state index contributed by atoms with van der Waals surface area (Å²) < 4.78 is 10.8. The van der Waals surface area contributed by atoms with Gasteiger partial charge in [0.15, 0.2) is 11.5 Å². The van der Waals surface area contributed by atoms with E-state index in [-0.39, 0.29) is 5.91 Å². The third kappa shape index (κ3) is 4.73. The van der Waals surface area contributed by atoms with Crippen molar-refractivity contribution in [3.8, 4) is 11.5 Å². The maximum Gasteiger partial charge on any atom is 0.225 e. The zero-order valence-corrected chi connectivity index (χ0v) is 16.7. The fourth-order valence-electron chi connectivity index (χ4n) is 3.29. The van der Waals surface area contributed by atoms with Gasteiger partial charge in [-0.1, -0.05) is 17.7 Å². The molecule has 0 radical (unpaired) electrons. The summed E-state index contributed by atoms with van der Waals surface area (Å²) in [4.78, 5) is 14.6. The van der Waals surface area contributed by atoms with Crippen molar-refractivity contribution in [2.45, 2.75) is 26.3 Å². The molecule has 1 aliphatic rings. The number of aryl methyl sites for hydroxylation is 1. The van der Waals surface area contributed by atoms with Crippen LogP contribution in [-0.4, -0.2) is 38.1 Å². The van der Waals surface area contributed by atoms with Gasteiger partial charge in [-0.05, 0) is 54.3 Å². The Labute approximate surface area is 165 Å². The molecule has 1 aliphatic heterocycles. The lowest BCUT2D eigenvalue weighted by molar-refractivity contribution is -0.116. The van der Waals surface area contributed by atoms with E-state index < -0.39 is 0 Å². The predicted octanol–water partition coefficient (Wildman–Crippen LogP) is 4.05. The van der Waals surface area contributed by atoms with E-state index in [0.29, 0.717) is 18.0 Å². The number of nitrogens with zero attached hydrogens (tertiary/aromatic N) is 1. The van der Waals surface area contributed by atoms with Crippen LogP contribution in [0, 0.1) is 6.92 Å². The summed E-state index contributed by atoms with van der Waals surface area (Å²) in [6, 6.07) is 9.65. The van der Waals surface area contributed by atoms with Crippen LogP contribution in [0.5, 0.6) is 11.5 Å². The molecule has 2 aromatic carbocycles. The van der Waals surface area contributed by atoms with Gasteiger partial charge in [-0.3, -0.25) is 9.69 Å². The van der Waals surface area contributed by atoms with E-state index in [0.717, 1.165) is 42.3 Å². The van der Waals surface area contributed by atoms with Crippen molar-refractivity contribution in [3.05, 3.63) is 52.0 Å². The second kappa shape index (κ2) is 8.63. The summed E-state index contributed by atoms with van der Waals surface area (Å²) in [5.41, 5.74) is 4.23. The molecule has 0 unspecified atom stereocenters. The molecular weight excluding hydrogens is 364 g/mol. The van der Waals surface area contributed by atoms with Crippen molar-refractivity contribution in [1.82, 2.24) is 4.90 Å². The van der Waals surface area contributed by atoms with Gasteiger partial charge >= 0.3 is 0 Å². The molecule has 2 aromatic rings. The number of benzene rings is 2. The minimum atomic E-state index is -0.00646. The van der Waals surface area contributed by atoms with Crippen LogP contribution in [0.2, 0.25) is 5.02 Å². The van der Waals surface area contributed by atoms with Crippen LogP contribution in [0.25, 0.3) is 0 Å². The van der Waals surface area contributed by atoms with Crippen LogP contribution < -0.4 is 14.8 Å². The fourth-order valence-corrected chi connectivity index (χ4v) is 3.47. The Bertz CT molecular complexity index is 838. The minimum Gasteiger partial charge on any atom is -0.493 e. The first-order valence-corrected chi connectivity index (χ1v) is 9.40. The Morgan fingerprint density at radius 1 is 1.15 bits per heavy atom. The van der Waals surface area contributed by atoms with Crippen molar-refractivity contribution in [2.24, 2.45) is 0 Å². The first kappa shape index (κ1) is 19.5. The zero-order valence-electron chi connectivity index (χ0n) is 16.0. The fraction of sp³-hybridized carbons (Fsp3) is 0.381. The molecule has 0 aromatic heterocycles. The molecule has 6 heteroatoms. The average Bonchev–Trinajstić information content (AvgIpc) is 2.67.